The van der Waals surface area contributed by atoms with Crippen molar-refractivity contribution in [3.05, 3.63) is 0 Å². The van der Waals surface area contributed by atoms with Gasteiger partial charge in [-0.2, -0.15) is 0 Å². The summed E-state index contributed by atoms with van der Waals surface area (Å²) in [6.07, 6.45) is 0. The molecule has 0 rings (SSSR count). The van der Waals surface area contributed by atoms with Gasteiger partial charge in [0.2, 0.25) is 15.9 Å². The molecule has 0 aliphatic rings. The molecular weight excluding hydrogens is 234 g/mol. The molecule has 1 amide bonds. The standard InChI is InChI=1S/C8H19N3O4S/c1-3-11-16(13,14)5-4-10-8(12)7(9)6-15-2/h7,11H,3-6,9H2,1-2H3,(H,10,12). The van der Waals surface area contributed by atoms with Gasteiger partial charge in [0.1, 0.15) is 6.04 Å². The van der Waals surface area contributed by atoms with Gasteiger partial charge >= 0.3 is 0 Å². The Morgan fingerprint density at radius 3 is 2.62 bits per heavy atom. The molecule has 0 saturated carbocycles. The summed E-state index contributed by atoms with van der Waals surface area (Å²) in [5.41, 5.74) is 5.43. The van der Waals surface area contributed by atoms with Crippen molar-refractivity contribution in [1.82, 2.24) is 10.0 Å². The van der Waals surface area contributed by atoms with Crippen LogP contribution in [0.1, 0.15) is 6.92 Å². The van der Waals surface area contributed by atoms with Crippen LogP contribution in [0.2, 0.25) is 0 Å². The summed E-state index contributed by atoms with van der Waals surface area (Å²) in [6.45, 7) is 2.15. The van der Waals surface area contributed by atoms with E-state index in [1.807, 2.05) is 0 Å². The van der Waals surface area contributed by atoms with Crippen LogP contribution in [-0.2, 0) is 19.6 Å². The molecule has 0 bridgehead atoms. The molecular formula is C8H19N3O4S. The highest BCUT2D eigenvalue weighted by molar-refractivity contribution is 7.89. The lowest BCUT2D eigenvalue weighted by atomic mass is 10.3. The molecule has 16 heavy (non-hydrogen) atoms. The number of methoxy groups -OCH3 is 1. The predicted octanol–water partition coefficient (Wildman–Crippen LogP) is -1.98. The van der Waals surface area contributed by atoms with E-state index in [-0.39, 0.29) is 18.9 Å². The monoisotopic (exact) mass is 253 g/mol. The highest BCUT2D eigenvalue weighted by Crippen LogP contribution is 1.84. The van der Waals surface area contributed by atoms with Crippen LogP contribution in [0, 0.1) is 0 Å². The summed E-state index contributed by atoms with van der Waals surface area (Å²) in [6, 6.07) is -0.771. The molecule has 0 aromatic carbocycles. The minimum Gasteiger partial charge on any atom is -0.383 e. The molecule has 0 fully saturated rings. The summed E-state index contributed by atoms with van der Waals surface area (Å²) in [5.74, 6) is -0.583. The Bertz CT molecular complexity index is 304. The summed E-state index contributed by atoms with van der Waals surface area (Å²) < 4.78 is 29.4. The summed E-state index contributed by atoms with van der Waals surface area (Å²) in [7, 11) is -1.87. The Hall–Kier alpha value is -0.700. The minimum atomic E-state index is -3.30. The van der Waals surface area contributed by atoms with E-state index < -0.39 is 22.0 Å². The molecule has 8 heteroatoms. The number of amides is 1. The fourth-order valence-electron chi connectivity index (χ4n) is 0.987. The van der Waals surface area contributed by atoms with Crippen molar-refractivity contribution in [2.24, 2.45) is 5.73 Å². The third-order valence-corrected chi connectivity index (χ3v) is 3.19. The molecule has 0 heterocycles. The second kappa shape index (κ2) is 7.55. The highest BCUT2D eigenvalue weighted by atomic mass is 32.2. The Morgan fingerprint density at radius 2 is 2.12 bits per heavy atom. The lowest BCUT2D eigenvalue weighted by Crippen LogP contribution is -2.45. The van der Waals surface area contributed by atoms with Crippen molar-refractivity contribution in [3.63, 3.8) is 0 Å². The molecule has 0 aromatic rings. The number of hydrogen-bond acceptors (Lipinski definition) is 5. The lowest BCUT2D eigenvalue weighted by Gasteiger charge is -2.11. The van der Waals surface area contributed by atoms with Gasteiger partial charge in [0.25, 0.3) is 0 Å². The molecule has 7 nitrogen and oxygen atoms in total. The third kappa shape index (κ3) is 6.72. The van der Waals surface area contributed by atoms with Crippen LogP contribution in [0.4, 0.5) is 0 Å². The predicted molar refractivity (Wildman–Crippen MR) is 60.3 cm³/mol. The van der Waals surface area contributed by atoms with Crippen LogP contribution >= 0.6 is 0 Å². The summed E-state index contributed by atoms with van der Waals surface area (Å²) in [4.78, 5) is 11.2. The van der Waals surface area contributed by atoms with E-state index in [9.17, 15) is 13.2 Å². The number of sulfonamides is 1. The third-order valence-electron chi connectivity index (χ3n) is 1.72. The van der Waals surface area contributed by atoms with Gasteiger partial charge in [0.05, 0.1) is 12.4 Å². The van der Waals surface area contributed by atoms with Gasteiger partial charge in [-0.25, -0.2) is 13.1 Å². The maximum Gasteiger partial charge on any atom is 0.239 e. The summed E-state index contributed by atoms with van der Waals surface area (Å²) in [5, 5.41) is 2.42. The number of rotatable bonds is 8. The lowest BCUT2D eigenvalue weighted by molar-refractivity contribution is -0.123. The smallest absolute Gasteiger partial charge is 0.239 e. The van der Waals surface area contributed by atoms with Gasteiger partial charge < -0.3 is 15.8 Å². The highest BCUT2D eigenvalue weighted by Gasteiger charge is 2.14. The Balaban J connectivity index is 3.86. The van der Waals surface area contributed by atoms with Gasteiger partial charge in [-0.1, -0.05) is 6.92 Å². The van der Waals surface area contributed by atoms with Gasteiger partial charge in [-0.3, -0.25) is 4.79 Å². The average molecular weight is 253 g/mol. The van der Waals surface area contributed by atoms with Crippen LogP contribution in [0.3, 0.4) is 0 Å². The topological polar surface area (TPSA) is 111 Å². The van der Waals surface area contributed by atoms with Crippen molar-refractivity contribution < 1.29 is 17.9 Å². The molecule has 1 atom stereocenters. The first-order valence-corrected chi connectivity index (χ1v) is 6.57. The molecule has 0 aromatic heterocycles. The van der Waals surface area contributed by atoms with Crippen LogP contribution in [-0.4, -0.2) is 52.9 Å². The van der Waals surface area contributed by atoms with E-state index in [4.69, 9.17) is 10.5 Å². The number of hydrogen-bond donors (Lipinski definition) is 3. The molecule has 0 aliphatic carbocycles. The number of carbonyl (C=O) groups excluding carboxylic acids is 1. The van der Waals surface area contributed by atoms with Crippen molar-refractivity contribution in [3.8, 4) is 0 Å². The quantitative estimate of drug-likeness (QED) is 0.464. The largest absolute Gasteiger partial charge is 0.383 e. The SMILES string of the molecule is CCNS(=O)(=O)CCNC(=O)C(N)COC. The maximum atomic E-state index is 11.2. The molecule has 0 saturated heterocycles. The number of carbonyl (C=O) groups is 1. The first kappa shape index (κ1) is 15.3. The van der Waals surface area contributed by atoms with Gasteiger partial charge in [0, 0.05) is 20.2 Å². The van der Waals surface area contributed by atoms with Crippen LogP contribution in [0.15, 0.2) is 0 Å². The summed E-state index contributed by atoms with van der Waals surface area (Å²) >= 11 is 0. The average Bonchev–Trinajstić information content (AvgIpc) is 2.17. The van der Waals surface area contributed by atoms with E-state index in [0.29, 0.717) is 6.54 Å². The zero-order valence-electron chi connectivity index (χ0n) is 9.52. The molecule has 0 aliphatic heterocycles. The second-order valence-electron chi connectivity index (χ2n) is 3.17. The van der Waals surface area contributed by atoms with Gasteiger partial charge in [-0.15, -0.1) is 0 Å². The molecule has 0 spiro atoms. The van der Waals surface area contributed by atoms with Crippen molar-refractivity contribution in [2.75, 3.05) is 32.6 Å². The van der Waals surface area contributed by atoms with Gasteiger partial charge in [0.15, 0.2) is 0 Å². The second-order valence-corrected chi connectivity index (χ2v) is 5.10. The Kier molecular flexibility index (Phi) is 7.22. The molecule has 96 valence electrons. The normalized spacial score (nSPS) is 13.4. The van der Waals surface area contributed by atoms with Crippen molar-refractivity contribution in [1.29, 1.82) is 0 Å². The van der Waals surface area contributed by atoms with E-state index >= 15 is 0 Å². The number of ether oxygens (including phenoxy) is 1. The first-order valence-electron chi connectivity index (χ1n) is 4.92. The van der Waals surface area contributed by atoms with E-state index in [1.54, 1.807) is 6.92 Å². The minimum absolute atomic E-state index is 0.0333. The molecule has 0 radical (unpaired) electrons. The van der Waals surface area contributed by atoms with Crippen molar-refractivity contribution >= 4 is 15.9 Å². The fraction of sp³-hybridized carbons (Fsp3) is 0.875. The van der Waals surface area contributed by atoms with Crippen LogP contribution in [0.5, 0.6) is 0 Å². The zero-order chi connectivity index (χ0) is 12.6. The van der Waals surface area contributed by atoms with Gasteiger partial charge in [-0.05, 0) is 0 Å². The van der Waals surface area contributed by atoms with E-state index in [2.05, 4.69) is 10.0 Å². The number of nitrogens with two attached hydrogens (primary N) is 1. The fourth-order valence-corrected chi connectivity index (χ4v) is 1.94. The van der Waals surface area contributed by atoms with Crippen LogP contribution in [0.25, 0.3) is 0 Å². The number of nitrogens with one attached hydrogen (secondary N) is 2. The first-order chi connectivity index (χ1) is 7.43. The van der Waals surface area contributed by atoms with E-state index in [1.165, 1.54) is 7.11 Å². The molecule has 4 N–H and O–H groups in total. The zero-order valence-corrected chi connectivity index (χ0v) is 10.3. The maximum absolute atomic E-state index is 11.2. The Morgan fingerprint density at radius 1 is 1.50 bits per heavy atom. The molecule has 1 unspecified atom stereocenters. The van der Waals surface area contributed by atoms with E-state index in [0.717, 1.165) is 0 Å². The van der Waals surface area contributed by atoms with Crippen molar-refractivity contribution in [2.45, 2.75) is 13.0 Å². The Labute approximate surface area is 95.8 Å². The van der Waals surface area contributed by atoms with Crippen LogP contribution < -0.4 is 15.8 Å².